The van der Waals surface area contributed by atoms with Gasteiger partial charge in [-0.05, 0) is 35.2 Å². The second kappa shape index (κ2) is 6.85. The Bertz CT molecular complexity index is 287. The van der Waals surface area contributed by atoms with Crippen molar-refractivity contribution in [3.63, 3.8) is 0 Å². The van der Waals surface area contributed by atoms with E-state index in [9.17, 15) is 4.79 Å². The first-order valence-electron chi connectivity index (χ1n) is 5.14. The van der Waals surface area contributed by atoms with E-state index in [4.69, 9.17) is 11.6 Å². The lowest BCUT2D eigenvalue weighted by Gasteiger charge is -2.07. The van der Waals surface area contributed by atoms with Crippen LogP contribution in [0.4, 0.5) is 0 Å². The molecule has 1 N–H and O–H groups in total. The van der Waals surface area contributed by atoms with E-state index in [-0.39, 0.29) is 11.3 Å². The summed E-state index contributed by atoms with van der Waals surface area (Å²) in [5.74, 6) is 0.0772. The molecule has 0 bridgehead atoms. The van der Waals surface area contributed by atoms with Crippen molar-refractivity contribution in [1.82, 2.24) is 5.32 Å². The zero-order valence-electron chi connectivity index (χ0n) is 8.83. The molecule has 0 radical (unpaired) electrons. The van der Waals surface area contributed by atoms with Gasteiger partial charge in [0.25, 0.3) is 0 Å². The predicted molar refractivity (Wildman–Crippen MR) is 65.6 cm³/mol. The van der Waals surface area contributed by atoms with Crippen molar-refractivity contribution < 1.29 is 4.79 Å². The van der Waals surface area contributed by atoms with E-state index in [1.165, 1.54) is 0 Å². The van der Waals surface area contributed by atoms with Gasteiger partial charge < -0.3 is 5.32 Å². The predicted octanol–water partition coefficient (Wildman–Crippen LogP) is 2.81. The highest BCUT2D eigenvalue weighted by Gasteiger charge is 2.05. The van der Waals surface area contributed by atoms with Gasteiger partial charge in [-0.2, -0.15) is 11.3 Å². The molecule has 15 heavy (non-hydrogen) atoms. The molecule has 1 heterocycles. The number of amides is 1. The molecule has 1 atom stereocenters. The summed E-state index contributed by atoms with van der Waals surface area (Å²) in [6.45, 7) is 2.72. The maximum Gasteiger partial charge on any atom is 0.224 e. The number of carbonyl (C=O) groups is 1. The fourth-order valence-corrected chi connectivity index (χ4v) is 1.99. The van der Waals surface area contributed by atoms with Gasteiger partial charge in [0.2, 0.25) is 5.91 Å². The van der Waals surface area contributed by atoms with Crippen molar-refractivity contribution in [2.75, 3.05) is 6.54 Å². The van der Waals surface area contributed by atoms with Gasteiger partial charge in [-0.25, -0.2) is 0 Å². The molecule has 4 heteroatoms. The zero-order valence-corrected chi connectivity index (χ0v) is 10.4. The third-order valence-electron chi connectivity index (χ3n) is 2.17. The number of hydrogen-bond acceptors (Lipinski definition) is 2. The van der Waals surface area contributed by atoms with Gasteiger partial charge in [-0.15, -0.1) is 11.6 Å². The molecule has 0 saturated carbocycles. The smallest absolute Gasteiger partial charge is 0.224 e. The third kappa shape index (κ3) is 5.19. The Morgan fingerprint density at radius 1 is 1.67 bits per heavy atom. The molecule has 2 nitrogen and oxygen atoms in total. The summed E-state index contributed by atoms with van der Waals surface area (Å²) in [4.78, 5) is 11.4. The molecular formula is C11H16ClNOS. The highest BCUT2D eigenvalue weighted by atomic mass is 35.5. The Kier molecular flexibility index (Phi) is 5.73. The monoisotopic (exact) mass is 245 g/mol. The molecule has 0 aliphatic heterocycles. The summed E-state index contributed by atoms with van der Waals surface area (Å²) in [6, 6.07) is 1.97. The van der Waals surface area contributed by atoms with Crippen LogP contribution in [-0.2, 0) is 11.2 Å². The quantitative estimate of drug-likeness (QED) is 0.768. The van der Waals surface area contributed by atoms with E-state index in [0.29, 0.717) is 13.0 Å². The summed E-state index contributed by atoms with van der Waals surface area (Å²) in [6.07, 6.45) is 2.26. The minimum absolute atomic E-state index is 0.0772. The van der Waals surface area contributed by atoms with Crippen LogP contribution in [0.15, 0.2) is 16.8 Å². The topological polar surface area (TPSA) is 29.1 Å². The highest BCUT2D eigenvalue weighted by Crippen LogP contribution is 2.07. The third-order valence-corrected chi connectivity index (χ3v) is 3.43. The number of nitrogens with one attached hydrogen (secondary N) is 1. The van der Waals surface area contributed by atoms with Gasteiger partial charge in [0.15, 0.2) is 0 Å². The van der Waals surface area contributed by atoms with Gasteiger partial charge in [-0.1, -0.05) is 6.92 Å². The summed E-state index contributed by atoms with van der Waals surface area (Å²) in [5.41, 5.74) is 1.08. The Morgan fingerprint density at radius 2 is 2.47 bits per heavy atom. The number of thiophene rings is 1. The summed E-state index contributed by atoms with van der Waals surface area (Å²) < 4.78 is 0. The summed E-state index contributed by atoms with van der Waals surface area (Å²) >= 11 is 7.55. The molecular weight excluding hydrogens is 230 g/mol. The van der Waals surface area contributed by atoms with Gasteiger partial charge in [0.05, 0.1) is 6.42 Å². The van der Waals surface area contributed by atoms with Crippen LogP contribution in [0.5, 0.6) is 0 Å². The number of rotatable bonds is 6. The molecule has 0 aromatic carbocycles. The zero-order chi connectivity index (χ0) is 11.1. The largest absolute Gasteiger partial charge is 0.356 e. The molecule has 1 amide bonds. The summed E-state index contributed by atoms with van der Waals surface area (Å²) in [5, 5.41) is 7.02. The number of carbonyl (C=O) groups excluding carboxylic acids is 1. The average Bonchev–Trinajstić information content (AvgIpc) is 2.70. The van der Waals surface area contributed by atoms with Gasteiger partial charge >= 0.3 is 0 Å². The first-order valence-corrected chi connectivity index (χ1v) is 6.52. The van der Waals surface area contributed by atoms with Crippen molar-refractivity contribution in [1.29, 1.82) is 0 Å². The Hall–Kier alpha value is -0.540. The van der Waals surface area contributed by atoms with Crippen LogP contribution in [0.25, 0.3) is 0 Å². The van der Waals surface area contributed by atoms with Gasteiger partial charge in [0, 0.05) is 11.9 Å². The lowest BCUT2D eigenvalue weighted by Crippen LogP contribution is -2.27. The lowest BCUT2D eigenvalue weighted by atomic mass is 10.2. The first kappa shape index (κ1) is 12.5. The van der Waals surface area contributed by atoms with E-state index < -0.39 is 0 Å². The molecule has 84 valence electrons. The SMILES string of the molecule is CCC(Cl)CCNC(=O)Cc1ccsc1. The second-order valence-electron chi connectivity index (χ2n) is 3.45. The Morgan fingerprint density at radius 3 is 3.07 bits per heavy atom. The van der Waals surface area contributed by atoms with Crippen LogP contribution >= 0.6 is 22.9 Å². The van der Waals surface area contributed by atoms with Crippen molar-refractivity contribution in [2.45, 2.75) is 31.6 Å². The van der Waals surface area contributed by atoms with Crippen LogP contribution in [0.2, 0.25) is 0 Å². The molecule has 1 aromatic rings. The van der Waals surface area contributed by atoms with Gasteiger partial charge in [-0.3, -0.25) is 4.79 Å². The van der Waals surface area contributed by atoms with Crippen LogP contribution in [0.1, 0.15) is 25.3 Å². The minimum Gasteiger partial charge on any atom is -0.356 e. The molecule has 0 aliphatic carbocycles. The van der Waals surface area contributed by atoms with Gasteiger partial charge in [0.1, 0.15) is 0 Å². The van der Waals surface area contributed by atoms with Crippen LogP contribution < -0.4 is 5.32 Å². The molecule has 0 fully saturated rings. The van der Waals surface area contributed by atoms with Crippen molar-refractivity contribution in [3.05, 3.63) is 22.4 Å². The second-order valence-corrected chi connectivity index (χ2v) is 4.85. The molecule has 0 aliphatic rings. The fraction of sp³-hybridized carbons (Fsp3) is 0.545. The molecule has 0 spiro atoms. The number of halogens is 1. The van der Waals surface area contributed by atoms with Crippen molar-refractivity contribution >= 4 is 28.8 Å². The van der Waals surface area contributed by atoms with Crippen molar-refractivity contribution in [2.24, 2.45) is 0 Å². The van der Waals surface area contributed by atoms with E-state index in [1.807, 2.05) is 23.8 Å². The molecule has 1 unspecified atom stereocenters. The summed E-state index contributed by atoms with van der Waals surface area (Å²) in [7, 11) is 0. The Balaban J connectivity index is 2.14. The van der Waals surface area contributed by atoms with Crippen LogP contribution in [0.3, 0.4) is 0 Å². The maximum absolute atomic E-state index is 11.4. The normalized spacial score (nSPS) is 12.4. The molecule has 1 rings (SSSR count). The fourth-order valence-electron chi connectivity index (χ4n) is 1.21. The van der Waals surface area contributed by atoms with E-state index >= 15 is 0 Å². The minimum atomic E-state index is 0.0772. The molecule has 1 aromatic heterocycles. The number of hydrogen-bond donors (Lipinski definition) is 1. The van der Waals surface area contributed by atoms with Crippen molar-refractivity contribution in [3.8, 4) is 0 Å². The molecule has 0 saturated heterocycles. The van der Waals surface area contributed by atoms with E-state index in [2.05, 4.69) is 5.32 Å². The standard InChI is InChI=1S/C11H16ClNOS/c1-2-10(12)3-5-13-11(14)7-9-4-6-15-8-9/h4,6,8,10H,2-3,5,7H2,1H3,(H,13,14). The van der Waals surface area contributed by atoms with Crippen LogP contribution in [0, 0.1) is 0 Å². The Labute approximate surface area is 99.6 Å². The number of alkyl halides is 1. The van der Waals surface area contributed by atoms with Crippen LogP contribution in [-0.4, -0.2) is 17.8 Å². The van der Waals surface area contributed by atoms with E-state index in [1.54, 1.807) is 11.3 Å². The van der Waals surface area contributed by atoms with E-state index in [0.717, 1.165) is 18.4 Å². The lowest BCUT2D eigenvalue weighted by molar-refractivity contribution is -0.120. The first-order chi connectivity index (χ1) is 7.22. The maximum atomic E-state index is 11.4. The highest BCUT2D eigenvalue weighted by molar-refractivity contribution is 7.07. The average molecular weight is 246 g/mol.